The first kappa shape index (κ1) is 23.5. The second-order valence-corrected chi connectivity index (χ2v) is 8.77. The summed E-state index contributed by atoms with van der Waals surface area (Å²) in [6, 6.07) is 15.4. The summed E-state index contributed by atoms with van der Waals surface area (Å²) in [6.07, 6.45) is 0. The molecule has 0 saturated heterocycles. The standard InChI is InChI=1S/C22H25N2O7P/c1-16-9-10-20-18(13-16)19(14-21(25)30-20)24(2)11-12-29-32(27,23-15-22(26)28-3)31-17-7-5-4-6-8-17/h4-10,13-14H,11-12,15H2,1-3H3,(H,23,27). The first-order valence-corrected chi connectivity index (χ1v) is 11.4. The smallest absolute Gasteiger partial charge is 0.459 e. The number of likely N-dealkylation sites (N-methyl/N-ethyl adjacent to an activating group) is 1. The van der Waals surface area contributed by atoms with Crippen LogP contribution in [0.3, 0.4) is 0 Å². The molecular weight excluding hydrogens is 435 g/mol. The van der Waals surface area contributed by atoms with Crippen LogP contribution in [0.25, 0.3) is 11.0 Å². The maximum absolute atomic E-state index is 13.2. The quantitative estimate of drug-likeness (QED) is 0.276. The van der Waals surface area contributed by atoms with Crippen LogP contribution in [-0.4, -0.2) is 39.8 Å². The van der Waals surface area contributed by atoms with Crippen molar-refractivity contribution in [2.24, 2.45) is 0 Å². The summed E-state index contributed by atoms with van der Waals surface area (Å²) in [5.41, 5.74) is 1.68. The fraction of sp³-hybridized carbons (Fsp3) is 0.273. The molecule has 1 heterocycles. The Morgan fingerprint density at radius 1 is 1.16 bits per heavy atom. The Morgan fingerprint density at radius 2 is 1.91 bits per heavy atom. The van der Waals surface area contributed by atoms with Gasteiger partial charge in [0.25, 0.3) is 0 Å². The van der Waals surface area contributed by atoms with Gasteiger partial charge in [-0.2, -0.15) is 0 Å². The molecule has 1 aromatic heterocycles. The number of rotatable bonds is 10. The van der Waals surface area contributed by atoms with Gasteiger partial charge >= 0.3 is 19.3 Å². The Morgan fingerprint density at radius 3 is 2.62 bits per heavy atom. The molecule has 0 aliphatic carbocycles. The van der Waals surface area contributed by atoms with E-state index in [2.05, 4.69) is 9.82 Å². The molecule has 2 aromatic carbocycles. The molecule has 1 unspecified atom stereocenters. The van der Waals surface area contributed by atoms with Crippen LogP contribution >= 0.6 is 7.75 Å². The first-order valence-electron chi connectivity index (χ1n) is 9.86. The third-order valence-corrected chi connectivity index (χ3v) is 6.11. The van der Waals surface area contributed by atoms with Crippen molar-refractivity contribution in [2.75, 3.05) is 38.8 Å². The number of carbonyl (C=O) groups excluding carboxylic acids is 1. The minimum Gasteiger partial charge on any atom is -0.468 e. The fourth-order valence-corrected chi connectivity index (χ4v) is 4.20. The zero-order chi connectivity index (χ0) is 23.1. The van der Waals surface area contributed by atoms with E-state index in [1.807, 2.05) is 19.1 Å². The maximum Gasteiger partial charge on any atom is 0.459 e. The fourth-order valence-electron chi connectivity index (χ4n) is 2.95. The number of nitrogens with zero attached hydrogens (tertiary/aromatic N) is 1. The Bertz CT molecular complexity index is 1180. The highest BCUT2D eigenvalue weighted by molar-refractivity contribution is 7.52. The molecule has 3 rings (SSSR count). The number of carbonyl (C=O) groups is 1. The van der Waals surface area contributed by atoms with Gasteiger partial charge < -0.3 is 18.6 Å². The second-order valence-electron chi connectivity index (χ2n) is 7.02. The summed E-state index contributed by atoms with van der Waals surface area (Å²) in [6.45, 7) is 1.87. The predicted molar refractivity (Wildman–Crippen MR) is 121 cm³/mol. The van der Waals surface area contributed by atoms with Crippen LogP contribution in [0, 0.1) is 6.92 Å². The van der Waals surface area contributed by atoms with E-state index in [0.29, 0.717) is 17.0 Å². The van der Waals surface area contributed by atoms with Crippen LogP contribution in [0.4, 0.5) is 5.69 Å². The average Bonchev–Trinajstić information content (AvgIpc) is 2.78. The second kappa shape index (κ2) is 10.5. The number of para-hydroxylation sites is 1. The summed E-state index contributed by atoms with van der Waals surface area (Å²) < 4.78 is 34.1. The van der Waals surface area contributed by atoms with Gasteiger partial charge in [0.1, 0.15) is 17.9 Å². The molecule has 0 aliphatic heterocycles. The zero-order valence-electron chi connectivity index (χ0n) is 18.1. The highest BCUT2D eigenvalue weighted by atomic mass is 31.2. The van der Waals surface area contributed by atoms with Crippen LogP contribution in [0.1, 0.15) is 5.56 Å². The first-order chi connectivity index (χ1) is 15.3. The van der Waals surface area contributed by atoms with Gasteiger partial charge in [-0.05, 0) is 31.2 Å². The monoisotopic (exact) mass is 460 g/mol. The van der Waals surface area contributed by atoms with Crippen LogP contribution < -0.4 is 20.1 Å². The Hall–Kier alpha value is -3.13. The third-order valence-electron chi connectivity index (χ3n) is 4.59. The zero-order valence-corrected chi connectivity index (χ0v) is 19.0. The van der Waals surface area contributed by atoms with Gasteiger partial charge in [-0.3, -0.25) is 9.32 Å². The van der Waals surface area contributed by atoms with Crippen molar-refractivity contribution in [1.82, 2.24) is 5.09 Å². The van der Waals surface area contributed by atoms with Gasteiger partial charge in [0, 0.05) is 25.0 Å². The lowest BCUT2D eigenvalue weighted by Gasteiger charge is -2.23. The Balaban J connectivity index is 1.73. The van der Waals surface area contributed by atoms with Crippen LogP contribution in [0.5, 0.6) is 5.75 Å². The van der Waals surface area contributed by atoms with Crippen LogP contribution in [-0.2, 0) is 18.6 Å². The van der Waals surface area contributed by atoms with Crippen LogP contribution in [0.15, 0.2) is 63.8 Å². The van der Waals surface area contributed by atoms with Crippen molar-refractivity contribution >= 4 is 30.4 Å². The summed E-state index contributed by atoms with van der Waals surface area (Å²) in [5.74, 6) is -0.288. The molecule has 0 saturated carbocycles. The lowest BCUT2D eigenvalue weighted by Crippen LogP contribution is -2.28. The minimum atomic E-state index is -3.88. The summed E-state index contributed by atoms with van der Waals surface area (Å²) in [5, 5.41) is 3.29. The van der Waals surface area contributed by atoms with E-state index in [4.69, 9.17) is 13.5 Å². The number of hydrogen-bond donors (Lipinski definition) is 1. The molecule has 9 nitrogen and oxygen atoms in total. The summed E-state index contributed by atoms with van der Waals surface area (Å²) in [7, 11) is -0.869. The van der Waals surface area contributed by atoms with E-state index in [9.17, 15) is 14.2 Å². The molecule has 0 radical (unpaired) electrons. The molecule has 0 spiro atoms. The summed E-state index contributed by atoms with van der Waals surface area (Å²) in [4.78, 5) is 25.3. The number of benzene rings is 2. The molecule has 0 aliphatic rings. The number of anilines is 1. The SMILES string of the molecule is COC(=O)CNP(=O)(OCCN(C)c1cc(=O)oc2ccc(C)cc12)Oc1ccccc1. The highest BCUT2D eigenvalue weighted by Crippen LogP contribution is 2.44. The van der Waals surface area contributed by atoms with Crippen molar-refractivity contribution < 1.29 is 27.6 Å². The molecule has 170 valence electrons. The average molecular weight is 460 g/mol. The third kappa shape index (κ3) is 6.20. The lowest BCUT2D eigenvalue weighted by molar-refractivity contribution is -0.139. The summed E-state index contributed by atoms with van der Waals surface area (Å²) >= 11 is 0. The van der Waals surface area contributed by atoms with E-state index in [1.54, 1.807) is 48.3 Å². The van der Waals surface area contributed by atoms with Gasteiger partial charge in [0.05, 0.1) is 19.4 Å². The van der Waals surface area contributed by atoms with Gasteiger partial charge in [-0.1, -0.05) is 29.8 Å². The molecule has 1 N–H and O–H groups in total. The Kier molecular flexibility index (Phi) is 7.69. The van der Waals surface area contributed by atoms with Crippen LogP contribution in [0.2, 0.25) is 0 Å². The Labute approximate surface area is 185 Å². The number of aryl methyl sites for hydroxylation is 1. The van der Waals surface area contributed by atoms with Crippen molar-refractivity contribution in [3.05, 3.63) is 70.6 Å². The van der Waals surface area contributed by atoms with E-state index in [1.165, 1.54) is 13.2 Å². The molecule has 10 heteroatoms. The van der Waals surface area contributed by atoms with Gasteiger partial charge in [-0.15, -0.1) is 0 Å². The van der Waals surface area contributed by atoms with Crippen molar-refractivity contribution in [3.63, 3.8) is 0 Å². The minimum absolute atomic E-state index is 0.0116. The number of methoxy groups -OCH3 is 1. The molecule has 0 amide bonds. The number of ether oxygens (including phenoxy) is 1. The largest absolute Gasteiger partial charge is 0.468 e. The molecule has 1 atom stereocenters. The van der Waals surface area contributed by atoms with Crippen molar-refractivity contribution in [3.8, 4) is 5.75 Å². The number of hydrogen-bond acceptors (Lipinski definition) is 8. The van der Waals surface area contributed by atoms with Gasteiger partial charge in [-0.25, -0.2) is 14.4 Å². The number of fused-ring (bicyclic) bond motifs is 1. The topological polar surface area (TPSA) is 107 Å². The molecular formula is C22H25N2O7P. The molecule has 0 fully saturated rings. The van der Waals surface area contributed by atoms with E-state index >= 15 is 0 Å². The van der Waals surface area contributed by atoms with Gasteiger partial charge in [0.15, 0.2) is 0 Å². The number of esters is 1. The number of nitrogens with one attached hydrogen (secondary N) is 1. The van der Waals surface area contributed by atoms with Crippen molar-refractivity contribution in [2.45, 2.75) is 6.92 Å². The normalized spacial score (nSPS) is 12.8. The van der Waals surface area contributed by atoms with E-state index in [-0.39, 0.29) is 19.7 Å². The molecule has 3 aromatic rings. The maximum atomic E-state index is 13.2. The molecule has 32 heavy (non-hydrogen) atoms. The van der Waals surface area contributed by atoms with E-state index < -0.39 is 19.3 Å². The van der Waals surface area contributed by atoms with E-state index in [0.717, 1.165) is 10.9 Å². The highest BCUT2D eigenvalue weighted by Gasteiger charge is 2.28. The molecule has 0 bridgehead atoms. The predicted octanol–water partition coefficient (Wildman–Crippen LogP) is 3.50. The lowest BCUT2D eigenvalue weighted by atomic mass is 10.1. The van der Waals surface area contributed by atoms with Crippen molar-refractivity contribution in [1.29, 1.82) is 0 Å². The van der Waals surface area contributed by atoms with Gasteiger partial charge in [0.2, 0.25) is 0 Å².